The molecule has 3 rings (SSSR count). The third-order valence-corrected chi connectivity index (χ3v) is 8.21. The molecule has 0 spiro atoms. The average Bonchev–Trinajstić information content (AvgIpc) is 3.20. The monoisotopic (exact) mass is 536 g/mol. The maximum atomic E-state index is 12.4. The highest BCUT2D eigenvalue weighted by atomic mass is 19.1. The molecule has 38 heavy (non-hydrogen) atoms. The molecule has 0 aromatic heterocycles. The number of carbonyl (C=O) groups is 2. The molecule has 0 aliphatic heterocycles. The molecular weight excluding hydrogens is 491 g/mol. The van der Waals surface area contributed by atoms with Crippen molar-refractivity contribution in [3.8, 4) is 5.75 Å². The van der Waals surface area contributed by atoms with Crippen LogP contribution in [0.4, 0.5) is 9.18 Å². The molecule has 2 aliphatic rings. The lowest BCUT2D eigenvalue weighted by atomic mass is 9.73. The molecule has 0 heterocycles. The van der Waals surface area contributed by atoms with E-state index in [0.29, 0.717) is 30.4 Å². The lowest BCUT2D eigenvalue weighted by Crippen LogP contribution is -2.29. The van der Waals surface area contributed by atoms with Crippen LogP contribution in [-0.2, 0) is 27.1 Å². The van der Waals surface area contributed by atoms with Crippen molar-refractivity contribution < 1.29 is 38.4 Å². The van der Waals surface area contributed by atoms with Crippen LogP contribution in [0.15, 0.2) is 18.2 Å². The number of benzene rings is 1. The van der Waals surface area contributed by atoms with Crippen molar-refractivity contribution >= 4 is 12.1 Å². The maximum Gasteiger partial charge on any atom is 0.508 e. The van der Waals surface area contributed by atoms with Crippen LogP contribution in [0.3, 0.4) is 0 Å². The van der Waals surface area contributed by atoms with Gasteiger partial charge in [-0.25, -0.2) is 14.0 Å². The number of unbranched alkanes of at least 4 members (excludes halogenated alkanes) is 6. The number of halogens is 1. The van der Waals surface area contributed by atoms with Gasteiger partial charge in [0.2, 0.25) is 0 Å². The Kier molecular flexibility index (Phi) is 12.6. The zero-order valence-corrected chi connectivity index (χ0v) is 22.7. The highest BCUT2D eigenvalue weighted by Gasteiger charge is 2.45. The quantitative estimate of drug-likeness (QED) is 0.179. The molecule has 1 aromatic carbocycles. The molecule has 0 amide bonds. The Labute approximate surface area is 226 Å². The molecule has 0 unspecified atom stereocenters. The van der Waals surface area contributed by atoms with E-state index in [9.17, 15) is 19.1 Å². The van der Waals surface area contributed by atoms with Gasteiger partial charge in [-0.15, -0.1) is 0 Å². The number of aliphatic hydroxyl groups excluding tert-OH is 1. The fourth-order valence-corrected chi connectivity index (χ4v) is 6.34. The van der Waals surface area contributed by atoms with E-state index in [4.69, 9.17) is 19.3 Å². The highest BCUT2D eigenvalue weighted by Crippen LogP contribution is 2.48. The Bertz CT molecular complexity index is 876. The summed E-state index contributed by atoms with van der Waals surface area (Å²) in [5.41, 5.74) is 2.21. The number of hydrogen-bond donors (Lipinski definition) is 2. The predicted octanol–water partition coefficient (Wildman–Crippen LogP) is 6.27. The Morgan fingerprint density at radius 1 is 1.08 bits per heavy atom. The van der Waals surface area contributed by atoms with Gasteiger partial charge in [-0.2, -0.15) is 0 Å². The van der Waals surface area contributed by atoms with Crippen LogP contribution >= 0.6 is 0 Å². The van der Waals surface area contributed by atoms with E-state index in [1.54, 1.807) is 0 Å². The maximum absolute atomic E-state index is 12.4. The van der Waals surface area contributed by atoms with Gasteiger partial charge < -0.3 is 24.4 Å². The SMILES string of the molecule is CCCCCCCCC[C@@H](CC[C@@H]1[C@H]2Cc3cccc(OCC(=O)O)c3C[C@H]2C[C@H]1O)OC(=O)OCCF. The van der Waals surface area contributed by atoms with Gasteiger partial charge in [-0.05, 0) is 79.9 Å². The van der Waals surface area contributed by atoms with Gasteiger partial charge >= 0.3 is 12.1 Å². The van der Waals surface area contributed by atoms with E-state index in [0.717, 1.165) is 49.7 Å². The Morgan fingerprint density at radius 3 is 2.58 bits per heavy atom. The normalized spacial score (nSPS) is 22.8. The molecule has 1 saturated carbocycles. The summed E-state index contributed by atoms with van der Waals surface area (Å²) < 4.78 is 28.4. The number of alkyl halides is 1. The summed E-state index contributed by atoms with van der Waals surface area (Å²) in [5, 5.41) is 20.0. The molecule has 8 heteroatoms. The minimum Gasteiger partial charge on any atom is -0.482 e. The van der Waals surface area contributed by atoms with E-state index < -0.39 is 24.9 Å². The third-order valence-electron chi connectivity index (χ3n) is 8.21. The van der Waals surface area contributed by atoms with E-state index in [1.165, 1.54) is 32.1 Å². The molecule has 7 nitrogen and oxygen atoms in total. The van der Waals surface area contributed by atoms with E-state index in [-0.39, 0.29) is 25.2 Å². The molecule has 5 atom stereocenters. The van der Waals surface area contributed by atoms with Crippen molar-refractivity contribution in [2.45, 2.75) is 103 Å². The summed E-state index contributed by atoms with van der Waals surface area (Å²) in [7, 11) is 0. The van der Waals surface area contributed by atoms with Crippen LogP contribution < -0.4 is 4.74 Å². The second-order valence-electron chi connectivity index (χ2n) is 10.9. The van der Waals surface area contributed by atoms with Crippen molar-refractivity contribution in [1.82, 2.24) is 0 Å². The zero-order chi connectivity index (χ0) is 27.3. The summed E-state index contributed by atoms with van der Waals surface area (Å²) in [6.45, 7) is 0.794. The van der Waals surface area contributed by atoms with Gasteiger partial charge in [0.15, 0.2) is 6.61 Å². The summed E-state index contributed by atoms with van der Waals surface area (Å²) in [6.07, 6.45) is 11.0. The number of carboxylic acids is 1. The molecule has 0 bridgehead atoms. The van der Waals surface area contributed by atoms with Gasteiger partial charge in [0, 0.05) is 0 Å². The van der Waals surface area contributed by atoms with Crippen molar-refractivity contribution in [2.24, 2.45) is 17.8 Å². The standard InChI is InChI=1S/C30H45FO7/c1-2-3-4-5-6-7-8-11-23(38-30(35)36-16-15-31)13-14-24-25-17-21-10-9-12-28(37-20-29(33)34)26(21)18-22(25)19-27(24)32/h9-10,12,22-25,27,32H,2-8,11,13-20H2,1H3,(H,33,34)/t22-,23-,24+,25-,27+/m0/s1. The first-order valence-corrected chi connectivity index (χ1v) is 14.5. The number of carbonyl (C=O) groups excluding carboxylic acids is 1. The summed E-state index contributed by atoms with van der Waals surface area (Å²) in [6, 6.07) is 5.78. The van der Waals surface area contributed by atoms with Gasteiger partial charge in [0.05, 0.1) is 6.10 Å². The van der Waals surface area contributed by atoms with Crippen molar-refractivity contribution in [1.29, 1.82) is 0 Å². The minimum atomic E-state index is -1.01. The topological polar surface area (TPSA) is 102 Å². The molecular formula is C30H45FO7. The van der Waals surface area contributed by atoms with Gasteiger partial charge in [0.25, 0.3) is 0 Å². The van der Waals surface area contributed by atoms with E-state index >= 15 is 0 Å². The van der Waals surface area contributed by atoms with Crippen LogP contribution in [0.5, 0.6) is 5.75 Å². The van der Waals surface area contributed by atoms with Gasteiger partial charge in [-0.1, -0.05) is 57.6 Å². The Morgan fingerprint density at radius 2 is 1.84 bits per heavy atom. The molecule has 1 aromatic rings. The van der Waals surface area contributed by atoms with Gasteiger partial charge in [-0.3, -0.25) is 0 Å². The average molecular weight is 537 g/mol. The number of rotatable bonds is 17. The predicted molar refractivity (Wildman–Crippen MR) is 142 cm³/mol. The second-order valence-corrected chi connectivity index (χ2v) is 10.9. The zero-order valence-electron chi connectivity index (χ0n) is 22.7. The number of aliphatic hydroxyl groups is 1. The Balaban J connectivity index is 1.57. The lowest BCUT2D eigenvalue weighted by Gasteiger charge is -2.32. The van der Waals surface area contributed by atoms with Crippen LogP contribution in [0, 0.1) is 17.8 Å². The summed E-state index contributed by atoms with van der Waals surface area (Å²) in [5.74, 6) is 0.323. The van der Waals surface area contributed by atoms with Crippen LogP contribution in [-0.4, -0.2) is 54.4 Å². The third kappa shape index (κ3) is 9.14. The number of aliphatic carboxylic acids is 1. The van der Waals surface area contributed by atoms with E-state index in [2.05, 4.69) is 13.0 Å². The minimum absolute atomic E-state index is 0.0961. The lowest BCUT2D eigenvalue weighted by molar-refractivity contribution is -0.139. The largest absolute Gasteiger partial charge is 0.508 e. The highest BCUT2D eigenvalue weighted by molar-refractivity contribution is 5.68. The molecule has 2 aliphatic carbocycles. The van der Waals surface area contributed by atoms with Crippen LogP contribution in [0.1, 0.15) is 88.7 Å². The van der Waals surface area contributed by atoms with E-state index in [1.807, 2.05) is 12.1 Å². The fraction of sp³-hybridized carbons (Fsp3) is 0.733. The second kappa shape index (κ2) is 15.9. The molecule has 1 fully saturated rings. The van der Waals surface area contributed by atoms with Crippen LogP contribution in [0.25, 0.3) is 0 Å². The molecule has 2 N–H and O–H groups in total. The number of carboxylic acid groups (broad SMARTS) is 1. The molecule has 214 valence electrons. The number of ether oxygens (including phenoxy) is 3. The van der Waals surface area contributed by atoms with Crippen LogP contribution in [0.2, 0.25) is 0 Å². The first-order valence-electron chi connectivity index (χ1n) is 14.5. The van der Waals surface area contributed by atoms with Crippen molar-refractivity contribution in [3.05, 3.63) is 29.3 Å². The van der Waals surface area contributed by atoms with Gasteiger partial charge in [0.1, 0.15) is 25.1 Å². The smallest absolute Gasteiger partial charge is 0.482 e. The number of fused-ring (bicyclic) bond motifs is 2. The summed E-state index contributed by atoms with van der Waals surface area (Å²) in [4.78, 5) is 23.0. The molecule has 0 radical (unpaired) electrons. The van der Waals surface area contributed by atoms with Crippen molar-refractivity contribution in [3.63, 3.8) is 0 Å². The fourth-order valence-electron chi connectivity index (χ4n) is 6.34. The summed E-state index contributed by atoms with van der Waals surface area (Å²) >= 11 is 0. The first-order chi connectivity index (χ1) is 18.4. The molecule has 0 saturated heterocycles. The Hall–Kier alpha value is -2.35. The van der Waals surface area contributed by atoms with Crippen molar-refractivity contribution in [2.75, 3.05) is 19.9 Å². The number of hydrogen-bond acceptors (Lipinski definition) is 6. The first kappa shape index (κ1) is 30.2.